The predicted octanol–water partition coefficient (Wildman–Crippen LogP) is 1.29. The maximum atomic E-state index is 13.5. The van der Waals surface area contributed by atoms with Gasteiger partial charge in [0.1, 0.15) is 5.82 Å². The average Bonchev–Trinajstić information content (AvgIpc) is 2.34. The number of hydrogen-bond acceptors (Lipinski definition) is 3. The van der Waals surface area contributed by atoms with Gasteiger partial charge in [-0.2, -0.15) is 0 Å². The van der Waals surface area contributed by atoms with Gasteiger partial charge >= 0.3 is 0 Å². The van der Waals surface area contributed by atoms with Crippen molar-refractivity contribution in [2.75, 3.05) is 19.6 Å². The Morgan fingerprint density at radius 3 is 3.00 bits per heavy atom. The molecule has 18 heavy (non-hydrogen) atoms. The van der Waals surface area contributed by atoms with E-state index < -0.39 is 0 Å². The smallest absolute Gasteiger partial charge is 0.126 e. The molecule has 1 aliphatic heterocycles. The fourth-order valence-corrected chi connectivity index (χ4v) is 2.41. The summed E-state index contributed by atoms with van der Waals surface area (Å²) in [5, 5.41) is 13.0. The third-order valence-electron chi connectivity index (χ3n) is 3.58. The van der Waals surface area contributed by atoms with Crippen molar-refractivity contribution in [2.24, 2.45) is 0 Å². The molecule has 0 amide bonds. The van der Waals surface area contributed by atoms with Crippen LogP contribution in [0.1, 0.15) is 18.1 Å². The first-order valence-corrected chi connectivity index (χ1v) is 6.46. The highest BCUT2D eigenvalue weighted by atomic mass is 19.1. The van der Waals surface area contributed by atoms with E-state index in [1.165, 1.54) is 0 Å². The number of hydrogen-bond donors (Lipinski definition) is 2. The monoisotopic (exact) mass is 252 g/mol. The number of rotatable bonds is 3. The molecule has 1 aromatic rings. The van der Waals surface area contributed by atoms with Crippen molar-refractivity contribution >= 4 is 0 Å². The number of benzene rings is 1. The molecule has 1 saturated heterocycles. The lowest BCUT2D eigenvalue weighted by molar-refractivity contribution is 0.0405. The molecule has 2 rings (SSSR count). The Labute approximate surface area is 108 Å². The van der Waals surface area contributed by atoms with Gasteiger partial charge in [-0.3, -0.25) is 4.90 Å². The molecule has 3 nitrogen and oxygen atoms in total. The fraction of sp³-hybridized carbons (Fsp3) is 0.571. The summed E-state index contributed by atoms with van der Waals surface area (Å²) in [6.45, 7) is 6.84. The Morgan fingerprint density at radius 2 is 2.33 bits per heavy atom. The molecule has 2 N–H and O–H groups in total. The van der Waals surface area contributed by atoms with E-state index in [0.29, 0.717) is 12.1 Å². The zero-order chi connectivity index (χ0) is 13.1. The van der Waals surface area contributed by atoms with E-state index in [4.69, 9.17) is 0 Å². The van der Waals surface area contributed by atoms with Gasteiger partial charge in [0.25, 0.3) is 0 Å². The minimum absolute atomic E-state index is 0.100. The SMILES string of the molecule is Cc1ccc(CN2CCNC[C@@H]2[C@H](C)O)cc1F. The van der Waals surface area contributed by atoms with Crippen molar-refractivity contribution in [1.29, 1.82) is 0 Å². The van der Waals surface area contributed by atoms with E-state index in [1.54, 1.807) is 19.9 Å². The highest BCUT2D eigenvalue weighted by Gasteiger charge is 2.25. The number of aliphatic hydroxyl groups is 1. The topological polar surface area (TPSA) is 35.5 Å². The number of halogens is 1. The molecule has 0 unspecified atom stereocenters. The van der Waals surface area contributed by atoms with Crippen molar-refractivity contribution < 1.29 is 9.50 Å². The molecule has 0 saturated carbocycles. The molecule has 2 atom stereocenters. The van der Waals surface area contributed by atoms with Crippen LogP contribution in [-0.2, 0) is 6.54 Å². The molecule has 1 fully saturated rings. The minimum Gasteiger partial charge on any atom is -0.392 e. The molecule has 0 radical (unpaired) electrons. The van der Waals surface area contributed by atoms with Gasteiger partial charge in [0.05, 0.1) is 6.10 Å². The summed E-state index contributed by atoms with van der Waals surface area (Å²) in [7, 11) is 0. The molecule has 100 valence electrons. The third kappa shape index (κ3) is 3.07. The Kier molecular flexibility index (Phi) is 4.32. The molecule has 1 aliphatic rings. The van der Waals surface area contributed by atoms with Gasteiger partial charge in [0.15, 0.2) is 0 Å². The molecular formula is C14H21FN2O. The second-order valence-corrected chi connectivity index (χ2v) is 5.07. The summed E-state index contributed by atoms with van der Waals surface area (Å²) in [5.74, 6) is -0.156. The van der Waals surface area contributed by atoms with Crippen LogP contribution < -0.4 is 5.32 Å². The van der Waals surface area contributed by atoms with Crippen molar-refractivity contribution in [3.63, 3.8) is 0 Å². The van der Waals surface area contributed by atoms with E-state index in [1.807, 2.05) is 12.1 Å². The highest BCUT2D eigenvalue weighted by molar-refractivity contribution is 5.23. The van der Waals surface area contributed by atoms with Crippen LogP contribution in [0, 0.1) is 12.7 Å². The van der Waals surface area contributed by atoms with E-state index in [9.17, 15) is 9.50 Å². The standard InChI is InChI=1S/C14H21FN2O/c1-10-3-4-12(7-13(10)15)9-17-6-5-16-8-14(17)11(2)18/h3-4,7,11,14,16,18H,5-6,8-9H2,1-2H3/t11-,14+/m0/s1. The Hall–Kier alpha value is -0.970. The molecule has 0 aromatic heterocycles. The molecule has 0 bridgehead atoms. The van der Waals surface area contributed by atoms with Gasteiger partial charge in [-0.25, -0.2) is 4.39 Å². The van der Waals surface area contributed by atoms with Crippen molar-refractivity contribution in [2.45, 2.75) is 32.5 Å². The van der Waals surface area contributed by atoms with Gasteiger partial charge < -0.3 is 10.4 Å². The zero-order valence-corrected chi connectivity index (χ0v) is 11.0. The van der Waals surface area contributed by atoms with Crippen molar-refractivity contribution in [3.05, 3.63) is 35.1 Å². The van der Waals surface area contributed by atoms with Crippen LogP contribution in [0.4, 0.5) is 4.39 Å². The first-order valence-electron chi connectivity index (χ1n) is 6.46. The summed E-state index contributed by atoms with van der Waals surface area (Å²) in [6, 6.07) is 5.46. The lowest BCUT2D eigenvalue weighted by Gasteiger charge is -2.37. The van der Waals surface area contributed by atoms with Gasteiger partial charge in [-0.15, -0.1) is 0 Å². The molecule has 0 aliphatic carbocycles. The van der Waals surface area contributed by atoms with Crippen LogP contribution in [0.3, 0.4) is 0 Å². The normalized spacial score (nSPS) is 23.0. The molecular weight excluding hydrogens is 231 g/mol. The van der Waals surface area contributed by atoms with Gasteiger partial charge in [-0.1, -0.05) is 12.1 Å². The summed E-state index contributed by atoms with van der Waals surface area (Å²) >= 11 is 0. The van der Waals surface area contributed by atoms with Gasteiger partial charge in [-0.05, 0) is 31.0 Å². The molecule has 0 spiro atoms. The lowest BCUT2D eigenvalue weighted by Crippen LogP contribution is -2.55. The Bertz CT molecular complexity index is 409. The molecule has 1 aromatic carbocycles. The van der Waals surface area contributed by atoms with E-state index in [0.717, 1.165) is 25.2 Å². The van der Waals surface area contributed by atoms with Crippen molar-refractivity contribution in [1.82, 2.24) is 10.2 Å². The summed E-state index contributed by atoms with van der Waals surface area (Å²) in [5.41, 5.74) is 1.64. The third-order valence-corrected chi connectivity index (χ3v) is 3.58. The quantitative estimate of drug-likeness (QED) is 0.851. The number of aryl methyl sites for hydroxylation is 1. The van der Waals surface area contributed by atoms with Crippen LogP contribution in [0.5, 0.6) is 0 Å². The second-order valence-electron chi connectivity index (χ2n) is 5.07. The number of nitrogens with zero attached hydrogens (tertiary/aromatic N) is 1. The highest BCUT2D eigenvalue weighted by Crippen LogP contribution is 2.15. The van der Waals surface area contributed by atoms with Crippen molar-refractivity contribution in [3.8, 4) is 0 Å². The van der Waals surface area contributed by atoms with Crippen LogP contribution in [-0.4, -0.2) is 41.8 Å². The number of piperazine rings is 1. The first-order chi connectivity index (χ1) is 8.58. The summed E-state index contributed by atoms with van der Waals surface area (Å²) in [4.78, 5) is 2.21. The maximum Gasteiger partial charge on any atom is 0.126 e. The largest absolute Gasteiger partial charge is 0.392 e. The second kappa shape index (κ2) is 5.78. The van der Waals surface area contributed by atoms with E-state index in [-0.39, 0.29) is 18.0 Å². The lowest BCUT2D eigenvalue weighted by atomic mass is 10.1. The number of aliphatic hydroxyl groups excluding tert-OH is 1. The van der Waals surface area contributed by atoms with E-state index in [2.05, 4.69) is 10.2 Å². The van der Waals surface area contributed by atoms with Crippen LogP contribution in [0.15, 0.2) is 18.2 Å². The van der Waals surface area contributed by atoms with Crippen LogP contribution >= 0.6 is 0 Å². The Morgan fingerprint density at radius 1 is 1.56 bits per heavy atom. The fourth-order valence-electron chi connectivity index (χ4n) is 2.41. The van der Waals surface area contributed by atoms with Crippen LogP contribution in [0.2, 0.25) is 0 Å². The number of nitrogens with one attached hydrogen (secondary N) is 1. The van der Waals surface area contributed by atoms with Gasteiger partial charge in [0, 0.05) is 32.2 Å². The molecule has 1 heterocycles. The summed E-state index contributed by atoms with van der Waals surface area (Å²) in [6.07, 6.45) is -0.381. The maximum absolute atomic E-state index is 13.5. The van der Waals surface area contributed by atoms with Crippen LogP contribution in [0.25, 0.3) is 0 Å². The first kappa shape index (κ1) is 13.5. The van der Waals surface area contributed by atoms with E-state index >= 15 is 0 Å². The minimum atomic E-state index is -0.381. The Balaban J connectivity index is 2.08. The predicted molar refractivity (Wildman–Crippen MR) is 69.9 cm³/mol. The zero-order valence-electron chi connectivity index (χ0n) is 11.0. The summed E-state index contributed by atoms with van der Waals surface area (Å²) < 4.78 is 13.5. The molecule has 4 heteroatoms. The van der Waals surface area contributed by atoms with Gasteiger partial charge in [0.2, 0.25) is 0 Å². The average molecular weight is 252 g/mol.